The summed E-state index contributed by atoms with van der Waals surface area (Å²) in [7, 11) is 3.31. The average molecular weight is 424 g/mol. The van der Waals surface area contributed by atoms with Crippen molar-refractivity contribution >= 4 is 40.6 Å². The number of carbonyl (C=O) groups is 2. The van der Waals surface area contributed by atoms with Crippen LogP contribution in [-0.2, 0) is 4.79 Å². The molecule has 0 spiro atoms. The van der Waals surface area contributed by atoms with Crippen LogP contribution < -0.4 is 9.84 Å². The van der Waals surface area contributed by atoms with Crippen LogP contribution >= 0.6 is 11.8 Å². The maximum atomic E-state index is 12.8. The van der Waals surface area contributed by atoms with E-state index in [1.807, 2.05) is 19.1 Å². The number of likely N-dealkylation sites (N-methyl/N-ethyl adjacent to an activating group) is 1. The number of nitrogens with zero attached hydrogens (tertiary/aromatic N) is 2. The number of rotatable bonds is 5. The second kappa shape index (κ2) is 8.75. The van der Waals surface area contributed by atoms with Gasteiger partial charge >= 0.3 is 0 Å². The standard InChI is InChI=1S/C23H24N2O4S/c1-13(2)18-11-16(14(3)9-19(18)29-5)12-20-21(26)25(4)23(30-20)24-17-8-6-7-15(10-17)22(27)28/h6-13H,1-5H3,(H,27,28)/p-1/b20-12+,24-23?. The minimum Gasteiger partial charge on any atom is -0.545 e. The molecule has 156 valence electrons. The summed E-state index contributed by atoms with van der Waals surface area (Å²) in [5.41, 5.74) is 3.52. The van der Waals surface area contributed by atoms with Crippen LogP contribution in [0.2, 0.25) is 0 Å². The molecule has 0 atom stereocenters. The summed E-state index contributed by atoms with van der Waals surface area (Å²) in [5, 5.41) is 11.6. The van der Waals surface area contributed by atoms with Gasteiger partial charge in [0.05, 0.1) is 23.7 Å². The number of methoxy groups -OCH3 is 1. The molecule has 3 rings (SSSR count). The molecule has 1 fully saturated rings. The Balaban J connectivity index is 1.97. The second-order valence-corrected chi connectivity index (χ2v) is 8.32. The van der Waals surface area contributed by atoms with E-state index in [2.05, 4.69) is 24.9 Å². The Kier molecular flexibility index (Phi) is 6.31. The van der Waals surface area contributed by atoms with Crippen molar-refractivity contribution in [2.24, 2.45) is 4.99 Å². The molecule has 1 saturated heterocycles. The van der Waals surface area contributed by atoms with Gasteiger partial charge in [-0.15, -0.1) is 0 Å². The van der Waals surface area contributed by atoms with Gasteiger partial charge in [-0.25, -0.2) is 4.99 Å². The molecule has 1 aliphatic heterocycles. The van der Waals surface area contributed by atoms with Crippen LogP contribution in [0.1, 0.15) is 46.8 Å². The normalized spacial score (nSPS) is 16.7. The minimum atomic E-state index is -1.27. The summed E-state index contributed by atoms with van der Waals surface area (Å²) in [6.07, 6.45) is 1.87. The predicted octanol–water partition coefficient (Wildman–Crippen LogP) is 3.72. The number of carboxylic acid groups (broad SMARTS) is 1. The molecule has 0 unspecified atom stereocenters. The highest BCUT2D eigenvalue weighted by atomic mass is 32.2. The van der Waals surface area contributed by atoms with Crippen LogP contribution in [0.5, 0.6) is 5.75 Å². The lowest BCUT2D eigenvalue weighted by molar-refractivity contribution is -0.255. The Bertz CT molecular complexity index is 1070. The summed E-state index contributed by atoms with van der Waals surface area (Å²) in [6.45, 7) is 6.17. The number of amides is 1. The molecule has 1 amide bonds. The molecule has 0 radical (unpaired) electrons. The van der Waals surface area contributed by atoms with E-state index in [1.54, 1.807) is 26.3 Å². The number of aliphatic imine (C=N–C) groups is 1. The van der Waals surface area contributed by atoms with Crippen molar-refractivity contribution in [3.05, 3.63) is 63.6 Å². The average Bonchev–Trinajstić information content (AvgIpc) is 2.97. The Hall–Kier alpha value is -3.06. The van der Waals surface area contributed by atoms with Crippen molar-refractivity contribution in [2.45, 2.75) is 26.7 Å². The van der Waals surface area contributed by atoms with E-state index in [9.17, 15) is 14.7 Å². The monoisotopic (exact) mass is 423 g/mol. The first-order valence-electron chi connectivity index (χ1n) is 9.47. The zero-order valence-electron chi connectivity index (χ0n) is 17.6. The fourth-order valence-corrected chi connectivity index (χ4v) is 4.08. The van der Waals surface area contributed by atoms with Crippen molar-refractivity contribution in [1.82, 2.24) is 4.90 Å². The van der Waals surface area contributed by atoms with Gasteiger partial charge < -0.3 is 14.6 Å². The first-order valence-corrected chi connectivity index (χ1v) is 10.3. The van der Waals surface area contributed by atoms with Crippen LogP contribution in [0.3, 0.4) is 0 Å². The van der Waals surface area contributed by atoms with E-state index in [0.29, 0.717) is 15.8 Å². The van der Waals surface area contributed by atoms with E-state index in [0.717, 1.165) is 22.4 Å². The molecule has 0 saturated carbocycles. The third-order valence-corrected chi connectivity index (χ3v) is 5.90. The van der Waals surface area contributed by atoms with E-state index in [-0.39, 0.29) is 17.4 Å². The molecule has 6 nitrogen and oxygen atoms in total. The summed E-state index contributed by atoms with van der Waals surface area (Å²) < 4.78 is 5.49. The van der Waals surface area contributed by atoms with Crippen molar-refractivity contribution in [1.29, 1.82) is 0 Å². The fraction of sp³-hybridized carbons (Fsp3) is 0.261. The second-order valence-electron chi connectivity index (χ2n) is 7.31. The van der Waals surface area contributed by atoms with Crippen LogP contribution in [0, 0.1) is 6.92 Å². The van der Waals surface area contributed by atoms with Crippen LogP contribution in [0.15, 0.2) is 46.3 Å². The first-order chi connectivity index (χ1) is 14.2. The van der Waals surface area contributed by atoms with Crippen molar-refractivity contribution < 1.29 is 19.4 Å². The number of hydrogen-bond acceptors (Lipinski definition) is 6. The number of aromatic carboxylic acids is 1. The zero-order chi connectivity index (χ0) is 22.0. The van der Waals surface area contributed by atoms with Crippen LogP contribution in [-0.4, -0.2) is 36.1 Å². The van der Waals surface area contributed by atoms with Crippen molar-refractivity contribution in [3.8, 4) is 5.75 Å². The molecule has 30 heavy (non-hydrogen) atoms. The van der Waals surface area contributed by atoms with Gasteiger partial charge in [0, 0.05) is 7.05 Å². The lowest BCUT2D eigenvalue weighted by atomic mass is 9.96. The lowest BCUT2D eigenvalue weighted by Crippen LogP contribution is -2.23. The molecule has 7 heteroatoms. The quantitative estimate of drug-likeness (QED) is 0.685. The van der Waals surface area contributed by atoms with Crippen molar-refractivity contribution in [2.75, 3.05) is 14.2 Å². The van der Waals surface area contributed by atoms with Gasteiger partial charge in [-0.3, -0.25) is 9.69 Å². The van der Waals surface area contributed by atoms with Gasteiger partial charge in [-0.05, 0) is 77.2 Å². The Morgan fingerprint density at radius 1 is 1.27 bits per heavy atom. The number of benzene rings is 2. The highest BCUT2D eigenvalue weighted by Gasteiger charge is 2.30. The molecular formula is C23H23N2O4S-. The van der Waals surface area contributed by atoms with E-state index >= 15 is 0 Å². The molecular weight excluding hydrogens is 400 g/mol. The number of ether oxygens (including phenoxy) is 1. The van der Waals surface area contributed by atoms with E-state index in [4.69, 9.17) is 4.74 Å². The molecule has 2 aromatic rings. The maximum absolute atomic E-state index is 12.8. The molecule has 1 heterocycles. The fourth-order valence-electron chi connectivity index (χ4n) is 3.11. The number of carboxylic acids is 1. The largest absolute Gasteiger partial charge is 0.545 e. The summed E-state index contributed by atoms with van der Waals surface area (Å²) in [4.78, 5) is 30.3. The maximum Gasteiger partial charge on any atom is 0.266 e. The number of carbonyl (C=O) groups excluding carboxylic acids is 2. The zero-order valence-corrected chi connectivity index (χ0v) is 18.4. The molecule has 2 aromatic carbocycles. The number of hydrogen-bond donors (Lipinski definition) is 0. The predicted molar refractivity (Wildman–Crippen MR) is 118 cm³/mol. The van der Waals surface area contributed by atoms with E-state index in [1.165, 1.54) is 28.8 Å². The molecule has 0 aliphatic carbocycles. The highest BCUT2D eigenvalue weighted by Crippen LogP contribution is 2.36. The van der Waals surface area contributed by atoms with Crippen LogP contribution in [0.4, 0.5) is 5.69 Å². The highest BCUT2D eigenvalue weighted by molar-refractivity contribution is 8.18. The van der Waals surface area contributed by atoms with Gasteiger partial charge in [0.2, 0.25) is 0 Å². The van der Waals surface area contributed by atoms with Gasteiger partial charge in [0.1, 0.15) is 5.75 Å². The van der Waals surface area contributed by atoms with Gasteiger partial charge in [-0.1, -0.05) is 26.0 Å². The van der Waals surface area contributed by atoms with Crippen molar-refractivity contribution in [3.63, 3.8) is 0 Å². The number of amidine groups is 1. The third kappa shape index (κ3) is 4.41. The van der Waals surface area contributed by atoms with E-state index < -0.39 is 5.97 Å². The lowest BCUT2D eigenvalue weighted by Gasteiger charge is -2.14. The summed E-state index contributed by atoms with van der Waals surface area (Å²) in [6, 6.07) is 10.2. The SMILES string of the molecule is COc1cc(C)c(/C=C2/SC(=Nc3cccc(C(=O)[O-])c3)N(C)C2=O)cc1C(C)C. The van der Waals surface area contributed by atoms with Gasteiger partial charge in [-0.2, -0.15) is 0 Å². The molecule has 0 bridgehead atoms. The molecule has 0 N–H and O–H groups in total. The third-order valence-electron chi connectivity index (χ3n) is 4.84. The minimum absolute atomic E-state index is 0.0414. The summed E-state index contributed by atoms with van der Waals surface area (Å²) in [5.74, 6) is -0.309. The Morgan fingerprint density at radius 3 is 2.63 bits per heavy atom. The molecule has 0 aromatic heterocycles. The molecule has 1 aliphatic rings. The van der Waals surface area contributed by atoms with Gasteiger partial charge in [0.15, 0.2) is 5.17 Å². The smallest absolute Gasteiger partial charge is 0.266 e. The Labute approximate surface area is 180 Å². The summed E-state index contributed by atoms with van der Waals surface area (Å²) >= 11 is 1.26. The number of thioether (sulfide) groups is 1. The first kappa shape index (κ1) is 21.6. The van der Waals surface area contributed by atoms with Gasteiger partial charge in [0.25, 0.3) is 5.91 Å². The topological polar surface area (TPSA) is 82.0 Å². The Morgan fingerprint density at radius 2 is 2.00 bits per heavy atom. The number of aryl methyl sites for hydroxylation is 1. The van der Waals surface area contributed by atoms with Crippen LogP contribution in [0.25, 0.3) is 6.08 Å².